The predicted molar refractivity (Wildman–Crippen MR) is 77.9 cm³/mol. The number of unbranched alkanes of at least 4 members (excludes halogenated alkanes) is 2. The first-order valence-electron chi connectivity index (χ1n) is 7.18. The van der Waals surface area contributed by atoms with Gasteiger partial charge in [0, 0.05) is 12.8 Å². The number of nitrogens with one attached hydrogen (secondary N) is 2. The number of allylic oxidation sites excluding steroid dienone is 1. The fraction of sp³-hybridized carbons (Fsp3) is 0.643. The number of amidine groups is 1. The molecular weight excluding hydrogens is 256 g/mol. The number of rotatable bonds is 7. The summed E-state index contributed by atoms with van der Waals surface area (Å²) in [5.41, 5.74) is 0. The number of hydrogen-bond acceptors (Lipinski definition) is 3. The smallest absolute Gasteiger partial charge is 0.331 e. The summed E-state index contributed by atoms with van der Waals surface area (Å²) in [5, 5.41) is 19.2. The van der Waals surface area contributed by atoms with Crippen LogP contribution in [0.5, 0.6) is 0 Å². The highest BCUT2D eigenvalue weighted by Crippen LogP contribution is 2.41. The molecule has 0 radical (unpaired) electrons. The van der Waals surface area contributed by atoms with Crippen molar-refractivity contribution in [2.75, 3.05) is 6.54 Å². The SMILES string of the molecule is CC1C[C@H]1CCCCCN1C(=O)N/C(=C\C=N)N=C1O. The molecule has 0 saturated heterocycles. The molecule has 6 heteroatoms. The minimum Gasteiger partial charge on any atom is -0.480 e. The zero-order chi connectivity index (χ0) is 14.5. The van der Waals surface area contributed by atoms with E-state index in [9.17, 15) is 9.90 Å². The topological polar surface area (TPSA) is 88.8 Å². The Morgan fingerprint density at radius 1 is 1.50 bits per heavy atom. The molecule has 0 spiro atoms. The molecule has 110 valence electrons. The summed E-state index contributed by atoms with van der Waals surface area (Å²) in [7, 11) is 0. The van der Waals surface area contributed by atoms with Crippen molar-refractivity contribution in [3.8, 4) is 0 Å². The third-order valence-corrected chi connectivity index (χ3v) is 3.92. The van der Waals surface area contributed by atoms with Crippen molar-refractivity contribution in [3.63, 3.8) is 0 Å². The third kappa shape index (κ3) is 3.82. The average molecular weight is 278 g/mol. The average Bonchev–Trinajstić information content (AvgIpc) is 3.08. The van der Waals surface area contributed by atoms with E-state index in [1.54, 1.807) is 0 Å². The molecule has 2 amide bonds. The van der Waals surface area contributed by atoms with Gasteiger partial charge in [-0.25, -0.2) is 9.69 Å². The van der Waals surface area contributed by atoms with Crippen molar-refractivity contribution < 1.29 is 9.90 Å². The molecule has 3 N–H and O–H groups in total. The highest BCUT2D eigenvalue weighted by Gasteiger charge is 2.31. The van der Waals surface area contributed by atoms with Gasteiger partial charge >= 0.3 is 6.03 Å². The first-order chi connectivity index (χ1) is 9.61. The summed E-state index contributed by atoms with van der Waals surface area (Å²) in [6, 6.07) is -0.681. The van der Waals surface area contributed by atoms with Gasteiger partial charge in [0.2, 0.25) is 0 Å². The number of aliphatic hydroxyl groups excluding tert-OH is 1. The molecule has 1 aliphatic heterocycles. The van der Waals surface area contributed by atoms with E-state index in [0.717, 1.165) is 30.9 Å². The second-order valence-corrected chi connectivity index (χ2v) is 5.53. The number of hydrogen-bond donors (Lipinski definition) is 3. The van der Waals surface area contributed by atoms with Crippen LogP contribution in [0.1, 0.15) is 39.0 Å². The number of carbonyl (C=O) groups excluding carboxylic acids is 1. The summed E-state index contributed by atoms with van der Waals surface area (Å²) in [5.74, 6) is 2.01. The van der Waals surface area contributed by atoms with Gasteiger partial charge in [-0.3, -0.25) is 5.32 Å². The molecule has 0 aromatic carbocycles. The van der Waals surface area contributed by atoms with Crippen LogP contribution in [0.15, 0.2) is 16.9 Å². The first-order valence-corrected chi connectivity index (χ1v) is 7.18. The number of nitrogens with zero attached hydrogens (tertiary/aromatic N) is 2. The number of aliphatic hydroxyl groups is 1. The fourth-order valence-corrected chi connectivity index (χ4v) is 2.48. The number of amides is 2. The van der Waals surface area contributed by atoms with E-state index in [1.165, 1.54) is 30.2 Å². The largest absolute Gasteiger partial charge is 0.480 e. The van der Waals surface area contributed by atoms with E-state index in [4.69, 9.17) is 5.41 Å². The minimum atomic E-state index is -0.388. The normalized spacial score (nSPS) is 27.2. The van der Waals surface area contributed by atoms with E-state index in [0.29, 0.717) is 6.54 Å². The molecule has 6 nitrogen and oxygen atoms in total. The van der Waals surface area contributed by atoms with Crippen LogP contribution in [-0.2, 0) is 0 Å². The Balaban J connectivity index is 1.72. The Kier molecular flexibility index (Phi) is 4.76. The van der Waals surface area contributed by atoms with Gasteiger partial charge in [-0.2, -0.15) is 4.99 Å². The Bertz CT molecular complexity index is 444. The quantitative estimate of drug-likeness (QED) is 0.493. The standard InChI is InChI=1S/C14H22N4O2/c1-10-9-11(10)5-3-2-4-8-18-13(19)16-12(6-7-15)17-14(18)20/h6-7,10-11,15H,2-5,8-9H2,1H3,(H,16,19)(H,17,20)/t10?,11-/m1/s1. The van der Waals surface area contributed by atoms with Crippen molar-refractivity contribution in [1.82, 2.24) is 10.2 Å². The summed E-state index contributed by atoms with van der Waals surface area (Å²) >= 11 is 0. The highest BCUT2D eigenvalue weighted by atomic mass is 16.3. The molecule has 2 rings (SSSR count). The van der Waals surface area contributed by atoms with Crippen LogP contribution >= 0.6 is 0 Å². The maximum absolute atomic E-state index is 11.8. The van der Waals surface area contributed by atoms with E-state index in [-0.39, 0.29) is 17.9 Å². The van der Waals surface area contributed by atoms with Gasteiger partial charge in [0.15, 0.2) is 0 Å². The van der Waals surface area contributed by atoms with Crippen LogP contribution < -0.4 is 5.32 Å². The van der Waals surface area contributed by atoms with Crippen molar-refractivity contribution in [2.24, 2.45) is 16.8 Å². The molecule has 2 aliphatic rings. The molecule has 2 atom stereocenters. The van der Waals surface area contributed by atoms with Crippen molar-refractivity contribution in [1.29, 1.82) is 5.41 Å². The lowest BCUT2D eigenvalue weighted by molar-refractivity contribution is 0.212. The highest BCUT2D eigenvalue weighted by molar-refractivity contribution is 5.96. The Morgan fingerprint density at radius 3 is 2.85 bits per heavy atom. The molecule has 1 heterocycles. The number of aliphatic imine (C=N–C) groups is 1. The predicted octanol–water partition coefficient (Wildman–Crippen LogP) is 2.63. The third-order valence-electron chi connectivity index (χ3n) is 3.92. The van der Waals surface area contributed by atoms with Gasteiger partial charge in [0.05, 0.1) is 0 Å². The fourth-order valence-electron chi connectivity index (χ4n) is 2.48. The molecule has 0 aromatic heterocycles. The summed E-state index contributed by atoms with van der Waals surface area (Å²) in [4.78, 5) is 16.8. The maximum atomic E-state index is 11.8. The van der Waals surface area contributed by atoms with Gasteiger partial charge in [0.25, 0.3) is 6.02 Å². The first kappa shape index (κ1) is 14.6. The minimum absolute atomic E-state index is 0.196. The number of carbonyl (C=O) groups is 1. The second kappa shape index (κ2) is 6.54. The zero-order valence-electron chi connectivity index (χ0n) is 11.8. The van der Waals surface area contributed by atoms with Gasteiger partial charge in [0.1, 0.15) is 5.82 Å². The van der Waals surface area contributed by atoms with E-state index in [2.05, 4.69) is 17.2 Å². The molecule has 1 saturated carbocycles. The summed E-state index contributed by atoms with van der Waals surface area (Å²) in [6.07, 6.45) is 8.08. The van der Waals surface area contributed by atoms with Crippen LogP contribution in [-0.4, -0.2) is 34.8 Å². The van der Waals surface area contributed by atoms with Crippen LogP contribution in [0.2, 0.25) is 0 Å². The molecule has 1 aliphatic carbocycles. The zero-order valence-corrected chi connectivity index (χ0v) is 11.8. The lowest BCUT2D eigenvalue weighted by Gasteiger charge is -2.24. The monoisotopic (exact) mass is 278 g/mol. The van der Waals surface area contributed by atoms with Gasteiger partial charge in [-0.15, -0.1) is 0 Å². The second-order valence-electron chi connectivity index (χ2n) is 5.53. The van der Waals surface area contributed by atoms with Crippen LogP contribution in [0, 0.1) is 17.2 Å². The molecule has 0 bridgehead atoms. The van der Waals surface area contributed by atoms with Crippen molar-refractivity contribution >= 4 is 18.3 Å². The van der Waals surface area contributed by atoms with Crippen molar-refractivity contribution in [2.45, 2.75) is 39.0 Å². The summed E-state index contributed by atoms with van der Waals surface area (Å²) < 4.78 is 0. The molecule has 20 heavy (non-hydrogen) atoms. The molecule has 1 unspecified atom stereocenters. The lowest BCUT2D eigenvalue weighted by Crippen LogP contribution is -2.47. The van der Waals surface area contributed by atoms with E-state index in [1.807, 2.05) is 0 Å². The Morgan fingerprint density at radius 2 is 2.25 bits per heavy atom. The van der Waals surface area contributed by atoms with E-state index >= 15 is 0 Å². The lowest BCUT2D eigenvalue weighted by atomic mass is 10.1. The number of urea groups is 1. The molecular formula is C14H22N4O2. The van der Waals surface area contributed by atoms with Crippen LogP contribution in [0.4, 0.5) is 4.79 Å². The van der Waals surface area contributed by atoms with E-state index < -0.39 is 0 Å². The van der Waals surface area contributed by atoms with Crippen LogP contribution in [0.3, 0.4) is 0 Å². The van der Waals surface area contributed by atoms with Gasteiger partial charge < -0.3 is 10.5 Å². The Hall–Kier alpha value is -1.85. The summed E-state index contributed by atoms with van der Waals surface area (Å²) in [6.45, 7) is 2.76. The van der Waals surface area contributed by atoms with Crippen molar-refractivity contribution in [3.05, 3.63) is 11.9 Å². The van der Waals surface area contributed by atoms with Gasteiger partial charge in [-0.05, 0) is 30.8 Å². The molecule has 1 fully saturated rings. The van der Waals surface area contributed by atoms with Gasteiger partial charge in [-0.1, -0.05) is 26.2 Å². The maximum Gasteiger partial charge on any atom is 0.331 e. The Labute approximate surface area is 119 Å². The molecule has 0 aromatic rings. The van der Waals surface area contributed by atoms with Crippen LogP contribution in [0.25, 0.3) is 0 Å².